The summed E-state index contributed by atoms with van der Waals surface area (Å²) >= 11 is 0. The van der Waals surface area contributed by atoms with Crippen molar-refractivity contribution in [2.75, 3.05) is 13.7 Å². The highest BCUT2D eigenvalue weighted by Gasteiger charge is 2.15. The van der Waals surface area contributed by atoms with E-state index in [1.54, 1.807) is 19.2 Å². The Bertz CT molecular complexity index is 548. The molecule has 5 heteroatoms. The van der Waals surface area contributed by atoms with Gasteiger partial charge in [-0.15, -0.1) is 0 Å². The van der Waals surface area contributed by atoms with Crippen LogP contribution in [0.15, 0.2) is 36.7 Å². The summed E-state index contributed by atoms with van der Waals surface area (Å²) in [6, 6.07) is 8.05. The second-order valence-electron chi connectivity index (χ2n) is 4.03. The van der Waals surface area contributed by atoms with E-state index in [9.17, 15) is 4.39 Å². The summed E-state index contributed by atoms with van der Waals surface area (Å²) in [5.74, 6) is 0.228. The number of halogens is 1. The van der Waals surface area contributed by atoms with Crippen LogP contribution in [0.5, 0.6) is 5.88 Å². The van der Waals surface area contributed by atoms with Crippen LogP contribution in [-0.4, -0.2) is 23.6 Å². The van der Waals surface area contributed by atoms with Crippen molar-refractivity contribution in [2.24, 2.45) is 0 Å². The molecule has 4 nitrogen and oxygen atoms in total. The van der Waals surface area contributed by atoms with Crippen LogP contribution >= 0.6 is 0 Å². The molecular formula is C14H16FN3O. The number of hydrogen-bond acceptors (Lipinski definition) is 4. The number of rotatable bonds is 5. The molecule has 1 atom stereocenters. The van der Waals surface area contributed by atoms with E-state index in [0.717, 1.165) is 17.8 Å². The minimum absolute atomic E-state index is 0.183. The molecule has 2 rings (SSSR count). The Labute approximate surface area is 111 Å². The average molecular weight is 261 g/mol. The second kappa shape index (κ2) is 6.24. The van der Waals surface area contributed by atoms with Crippen LogP contribution in [-0.2, 0) is 0 Å². The zero-order valence-electron chi connectivity index (χ0n) is 10.9. The molecular weight excluding hydrogens is 245 g/mol. The molecule has 0 spiro atoms. The molecule has 100 valence electrons. The molecule has 2 aromatic rings. The molecule has 0 amide bonds. The van der Waals surface area contributed by atoms with Crippen LogP contribution in [0.2, 0.25) is 0 Å². The van der Waals surface area contributed by atoms with Crippen LogP contribution in [0.4, 0.5) is 4.39 Å². The predicted octanol–water partition coefficient (Wildman–Crippen LogP) is 2.32. The first kappa shape index (κ1) is 13.4. The van der Waals surface area contributed by atoms with E-state index in [1.165, 1.54) is 18.5 Å². The van der Waals surface area contributed by atoms with Gasteiger partial charge in [0.05, 0.1) is 18.8 Å². The summed E-state index contributed by atoms with van der Waals surface area (Å²) in [6.45, 7) is 2.73. The molecule has 0 aliphatic heterocycles. The highest BCUT2D eigenvalue weighted by molar-refractivity contribution is 5.29. The fourth-order valence-corrected chi connectivity index (χ4v) is 1.91. The normalized spacial score (nSPS) is 12.2. The maximum Gasteiger partial charge on any atom is 0.216 e. The van der Waals surface area contributed by atoms with E-state index in [1.807, 2.05) is 13.0 Å². The molecule has 1 aromatic carbocycles. The van der Waals surface area contributed by atoms with Gasteiger partial charge < -0.3 is 10.1 Å². The summed E-state index contributed by atoms with van der Waals surface area (Å²) in [6.07, 6.45) is 1.44. The molecule has 0 saturated heterocycles. The number of nitrogens with one attached hydrogen (secondary N) is 1. The first-order valence-corrected chi connectivity index (χ1v) is 6.09. The van der Waals surface area contributed by atoms with Crippen LogP contribution in [0.3, 0.4) is 0 Å². The van der Waals surface area contributed by atoms with Crippen LogP contribution in [0.1, 0.15) is 24.2 Å². The summed E-state index contributed by atoms with van der Waals surface area (Å²) in [5, 5.41) is 3.28. The molecule has 1 heterocycles. The summed E-state index contributed by atoms with van der Waals surface area (Å²) in [4.78, 5) is 8.21. The zero-order valence-corrected chi connectivity index (χ0v) is 10.9. The fraction of sp³-hybridized carbons (Fsp3) is 0.286. The van der Waals surface area contributed by atoms with Gasteiger partial charge in [0.2, 0.25) is 5.88 Å². The number of aromatic nitrogens is 2. The van der Waals surface area contributed by atoms with Crippen molar-refractivity contribution < 1.29 is 9.13 Å². The number of ether oxygens (including phenoxy) is 1. The Morgan fingerprint density at radius 1 is 1.32 bits per heavy atom. The standard InChI is InChI=1S/C14H16FN3O/c1-3-16-14(10-5-4-6-11(15)7-10)12-8-13(19-2)18-9-17-12/h4-9,14,16H,3H2,1-2H3. The molecule has 1 unspecified atom stereocenters. The third kappa shape index (κ3) is 3.26. The van der Waals surface area contributed by atoms with Crippen LogP contribution in [0, 0.1) is 5.82 Å². The maximum absolute atomic E-state index is 13.3. The zero-order chi connectivity index (χ0) is 13.7. The molecule has 0 aliphatic carbocycles. The molecule has 0 saturated carbocycles. The topological polar surface area (TPSA) is 47.0 Å². The molecule has 1 N–H and O–H groups in total. The number of nitrogens with zero attached hydrogens (tertiary/aromatic N) is 2. The third-order valence-corrected chi connectivity index (χ3v) is 2.76. The van der Waals surface area contributed by atoms with E-state index in [0.29, 0.717) is 5.88 Å². The minimum atomic E-state index is -0.263. The molecule has 1 aromatic heterocycles. The van der Waals surface area contributed by atoms with Crippen molar-refractivity contribution in [3.63, 3.8) is 0 Å². The van der Waals surface area contributed by atoms with Gasteiger partial charge in [0.1, 0.15) is 12.1 Å². The fourth-order valence-electron chi connectivity index (χ4n) is 1.91. The van der Waals surface area contributed by atoms with Gasteiger partial charge in [0.25, 0.3) is 0 Å². The van der Waals surface area contributed by atoms with Crippen molar-refractivity contribution in [1.29, 1.82) is 0 Å². The Morgan fingerprint density at radius 2 is 2.16 bits per heavy atom. The average Bonchev–Trinajstić information content (AvgIpc) is 2.45. The predicted molar refractivity (Wildman–Crippen MR) is 70.5 cm³/mol. The van der Waals surface area contributed by atoms with Gasteiger partial charge in [0.15, 0.2) is 0 Å². The molecule has 0 bridgehead atoms. The largest absolute Gasteiger partial charge is 0.481 e. The molecule has 0 aliphatic rings. The van der Waals surface area contributed by atoms with Gasteiger partial charge in [-0.1, -0.05) is 19.1 Å². The van der Waals surface area contributed by atoms with Gasteiger partial charge in [-0.25, -0.2) is 14.4 Å². The minimum Gasteiger partial charge on any atom is -0.481 e. The summed E-state index contributed by atoms with van der Waals surface area (Å²) < 4.78 is 18.4. The van der Waals surface area contributed by atoms with Crippen molar-refractivity contribution in [2.45, 2.75) is 13.0 Å². The molecule has 0 radical (unpaired) electrons. The molecule has 19 heavy (non-hydrogen) atoms. The quantitative estimate of drug-likeness (QED) is 0.897. The van der Waals surface area contributed by atoms with Gasteiger partial charge >= 0.3 is 0 Å². The van der Waals surface area contributed by atoms with E-state index in [-0.39, 0.29) is 11.9 Å². The number of hydrogen-bond donors (Lipinski definition) is 1. The monoisotopic (exact) mass is 261 g/mol. The van der Waals surface area contributed by atoms with Gasteiger partial charge in [0, 0.05) is 6.07 Å². The number of benzene rings is 1. The van der Waals surface area contributed by atoms with E-state index in [4.69, 9.17) is 4.74 Å². The van der Waals surface area contributed by atoms with Crippen LogP contribution < -0.4 is 10.1 Å². The Morgan fingerprint density at radius 3 is 2.84 bits per heavy atom. The van der Waals surface area contributed by atoms with Crippen molar-refractivity contribution in [3.8, 4) is 5.88 Å². The lowest BCUT2D eigenvalue weighted by Crippen LogP contribution is -2.23. The Hall–Kier alpha value is -2.01. The lowest BCUT2D eigenvalue weighted by atomic mass is 10.0. The Balaban J connectivity index is 2.38. The highest BCUT2D eigenvalue weighted by Crippen LogP contribution is 2.22. The van der Waals surface area contributed by atoms with Gasteiger partial charge in [-0.2, -0.15) is 0 Å². The first-order chi connectivity index (χ1) is 9.24. The molecule has 0 fully saturated rings. The van der Waals surface area contributed by atoms with Crippen molar-refractivity contribution >= 4 is 0 Å². The number of methoxy groups -OCH3 is 1. The first-order valence-electron chi connectivity index (χ1n) is 6.09. The van der Waals surface area contributed by atoms with Gasteiger partial charge in [-0.3, -0.25) is 0 Å². The van der Waals surface area contributed by atoms with Crippen LogP contribution in [0.25, 0.3) is 0 Å². The van der Waals surface area contributed by atoms with Crippen molar-refractivity contribution in [3.05, 3.63) is 53.7 Å². The summed E-state index contributed by atoms with van der Waals surface area (Å²) in [5.41, 5.74) is 1.57. The maximum atomic E-state index is 13.3. The van der Waals surface area contributed by atoms with E-state index < -0.39 is 0 Å². The van der Waals surface area contributed by atoms with Crippen molar-refractivity contribution in [1.82, 2.24) is 15.3 Å². The smallest absolute Gasteiger partial charge is 0.216 e. The SMILES string of the molecule is CCNC(c1cccc(F)c1)c1cc(OC)ncn1. The Kier molecular flexibility index (Phi) is 4.41. The lowest BCUT2D eigenvalue weighted by Gasteiger charge is -2.18. The van der Waals surface area contributed by atoms with E-state index >= 15 is 0 Å². The third-order valence-electron chi connectivity index (χ3n) is 2.76. The van der Waals surface area contributed by atoms with E-state index in [2.05, 4.69) is 15.3 Å². The second-order valence-corrected chi connectivity index (χ2v) is 4.03. The summed E-state index contributed by atoms with van der Waals surface area (Å²) in [7, 11) is 1.55. The lowest BCUT2D eigenvalue weighted by molar-refractivity contribution is 0.395. The highest BCUT2D eigenvalue weighted by atomic mass is 19.1. The van der Waals surface area contributed by atoms with Gasteiger partial charge in [-0.05, 0) is 24.2 Å².